The van der Waals surface area contributed by atoms with E-state index in [-0.39, 0.29) is 16.9 Å². The van der Waals surface area contributed by atoms with Crippen LogP contribution in [0.25, 0.3) is 32.7 Å². The summed E-state index contributed by atoms with van der Waals surface area (Å²) < 4.78 is 5.89. The Morgan fingerprint density at radius 2 is 1.63 bits per heavy atom. The second-order valence-electron chi connectivity index (χ2n) is 9.67. The summed E-state index contributed by atoms with van der Waals surface area (Å²) in [5, 5.41) is 16.6. The minimum absolute atomic E-state index is 0.0165. The first-order chi connectivity index (χ1) is 16.9. The average molecular weight is 469 g/mol. The van der Waals surface area contributed by atoms with Crippen LogP contribution < -0.4 is 16.2 Å². The summed E-state index contributed by atoms with van der Waals surface area (Å²) in [5.74, 6) is 0.643. The smallest absolute Gasteiger partial charge is 0.272 e. The number of hydrogen-bond donors (Lipinski definition) is 3. The molecule has 7 nitrogen and oxygen atoms in total. The fourth-order valence-corrected chi connectivity index (χ4v) is 4.25. The number of anilines is 1. The van der Waals surface area contributed by atoms with Crippen molar-refractivity contribution in [2.75, 3.05) is 18.4 Å². The van der Waals surface area contributed by atoms with Crippen molar-refractivity contribution < 1.29 is 9.21 Å². The minimum atomic E-state index is -0.219. The van der Waals surface area contributed by atoms with E-state index in [0.717, 1.165) is 32.9 Å². The minimum Gasteiger partial charge on any atom is -0.456 e. The van der Waals surface area contributed by atoms with E-state index in [2.05, 4.69) is 46.8 Å². The van der Waals surface area contributed by atoms with E-state index in [1.54, 1.807) is 6.07 Å². The molecule has 0 bridgehead atoms. The average Bonchev–Trinajstić information content (AvgIpc) is 3.24. The van der Waals surface area contributed by atoms with Gasteiger partial charge in [0.25, 0.3) is 5.56 Å². The standard InChI is InChI=1S/C28H28N4O3/c1-28(2,17-30-26-20-8-3-4-9-21(20)27(34)32-31-26)16-29-25(33)14-12-18-11-13-24-22(15-18)19-7-5-6-10-23(19)35-24/h3-11,13,15H,12,14,16-17H2,1-2H3,(H,29,33)(H,30,31)(H,32,34). The lowest BCUT2D eigenvalue weighted by Crippen LogP contribution is -2.38. The quantitative estimate of drug-likeness (QED) is 0.297. The molecule has 178 valence electrons. The Kier molecular flexibility index (Phi) is 5.99. The van der Waals surface area contributed by atoms with Gasteiger partial charge in [0.1, 0.15) is 11.2 Å². The molecule has 0 spiro atoms. The number of nitrogens with zero attached hydrogens (tertiary/aromatic N) is 1. The highest BCUT2D eigenvalue weighted by Crippen LogP contribution is 2.29. The molecule has 0 aliphatic heterocycles. The first-order valence-electron chi connectivity index (χ1n) is 11.8. The van der Waals surface area contributed by atoms with Gasteiger partial charge in [-0.15, -0.1) is 0 Å². The summed E-state index contributed by atoms with van der Waals surface area (Å²) in [7, 11) is 0. The Labute approximate surface area is 202 Å². The van der Waals surface area contributed by atoms with Crippen LogP contribution in [-0.4, -0.2) is 29.2 Å². The molecule has 2 heterocycles. The SMILES string of the molecule is CC(C)(CNC(=O)CCc1ccc2oc3ccccc3c2c1)CNc1n[nH]c(=O)c2ccccc12. The normalized spacial score (nSPS) is 11.8. The largest absolute Gasteiger partial charge is 0.456 e. The first kappa shape index (κ1) is 22.7. The second-order valence-corrected chi connectivity index (χ2v) is 9.67. The molecule has 0 atom stereocenters. The molecule has 0 radical (unpaired) electrons. The lowest BCUT2D eigenvalue weighted by Gasteiger charge is -2.26. The third-order valence-corrected chi connectivity index (χ3v) is 6.28. The van der Waals surface area contributed by atoms with E-state index >= 15 is 0 Å². The van der Waals surface area contributed by atoms with E-state index < -0.39 is 0 Å². The zero-order chi connectivity index (χ0) is 24.4. The molecule has 0 saturated heterocycles. The molecule has 3 N–H and O–H groups in total. The van der Waals surface area contributed by atoms with Gasteiger partial charge in [0, 0.05) is 35.7 Å². The fraction of sp³-hybridized carbons (Fsp3) is 0.250. The number of amides is 1. The van der Waals surface area contributed by atoms with Gasteiger partial charge in [0.05, 0.1) is 5.39 Å². The Bertz CT molecular complexity index is 1580. The van der Waals surface area contributed by atoms with E-state index in [9.17, 15) is 9.59 Å². The van der Waals surface area contributed by atoms with Gasteiger partial charge in [-0.05, 0) is 41.7 Å². The van der Waals surface area contributed by atoms with E-state index in [0.29, 0.717) is 37.1 Å². The number of hydrogen-bond acceptors (Lipinski definition) is 5. The van der Waals surface area contributed by atoms with Crippen molar-refractivity contribution in [1.29, 1.82) is 0 Å². The van der Waals surface area contributed by atoms with Crippen LogP contribution in [0.4, 0.5) is 5.82 Å². The number of aromatic amines is 1. The van der Waals surface area contributed by atoms with Crippen molar-refractivity contribution in [3.63, 3.8) is 0 Å². The first-order valence-corrected chi connectivity index (χ1v) is 11.8. The molecule has 5 rings (SSSR count). The Morgan fingerprint density at radius 3 is 2.46 bits per heavy atom. The van der Waals surface area contributed by atoms with Crippen molar-refractivity contribution in [3.8, 4) is 0 Å². The maximum absolute atomic E-state index is 12.6. The number of carbonyl (C=O) groups is 1. The summed E-state index contributed by atoms with van der Waals surface area (Å²) in [5.41, 5.74) is 2.41. The number of para-hydroxylation sites is 1. The summed E-state index contributed by atoms with van der Waals surface area (Å²) in [4.78, 5) is 24.6. The number of rotatable bonds is 8. The Hall–Kier alpha value is -4.13. The Balaban J connectivity index is 1.16. The van der Waals surface area contributed by atoms with E-state index in [4.69, 9.17) is 4.42 Å². The highest BCUT2D eigenvalue weighted by molar-refractivity contribution is 6.05. The molecule has 5 aromatic rings. The second kappa shape index (κ2) is 9.25. The molecular formula is C28H28N4O3. The van der Waals surface area contributed by atoms with Gasteiger partial charge in [-0.25, -0.2) is 5.10 Å². The maximum Gasteiger partial charge on any atom is 0.272 e. The fourth-order valence-electron chi connectivity index (χ4n) is 4.25. The summed E-state index contributed by atoms with van der Waals surface area (Å²) in [6.45, 7) is 5.25. The van der Waals surface area contributed by atoms with Gasteiger partial charge in [0.2, 0.25) is 5.91 Å². The van der Waals surface area contributed by atoms with Gasteiger partial charge >= 0.3 is 0 Å². The maximum atomic E-state index is 12.6. The molecule has 0 saturated carbocycles. The number of carbonyl (C=O) groups excluding carboxylic acids is 1. The van der Waals surface area contributed by atoms with E-state index in [1.165, 1.54) is 0 Å². The van der Waals surface area contributed by atoms with Crippen LogP contribution in [0.5, 0.6) is 0 Å². The van der Waals surface area contributed by atoms with Gasteiger partial charge in [-0.2, -0.15) is 5.10 Å². The predicted molar refractivity (Wildman–Crippen MR) is 140 cm³/mol. The lowest BCUT2D eigenvalue weighted by atomic mass is 9.93. The topological polar surface area (TPSA) is 100 Å². The van der Waals surface area contributed by atoms with Crippen LogP contribution in [0.15, 0.2) is 75.9 Å². The molecule has 35 heavy (non-hydrogen) atoms. The number of aromatic nitrogens is 2. The Morgan fingerprint density at radius 1 is 0.914 bits per heavy atom. The highest BCUT2D eigenvalue weighted by atomic mass is 16.3. The lowest BCUT2D eigenvalue weighted by molar-refractivity contribution is -0.121. The number of furan rings is 1. The molecule has 0 fully saturated rings. The van der Waals surface area contributed by atoms with Crippen LogP contribution in [-0.2, 0) is 11.2 Å². The predicted octanol–water partition coefficient (Wildman–Crippen LogP) is 5.01. The number of H-pyrrole nitrogens is 1. The van der Waals surface area contributed by atoms with Crippen molar-refractivity contribution in [1.82, 2.24) is 15.5 Å². The molecule has 3 aromatic carbocycles. The zero-order valence-corrected chi connectivity index (χ0v) is 19.9. The van der Waals surface area contributed by atoms with Gasteiger partial charge in [-0.3, -0.25) is 9.59 Å². The van der Waals surface area contributed by atoms with Crippen LogP contribution in [0.1, 0.15) is 25.8 Å². The molecule has 0 aliphatic carbocycles. The number of nitrogens with one attached hydrogen (secondary N) is 3. The zero-order valence-electron chi connectivity index (χ0n) is 19.9. The molecule has 0 aliphatic rings. The van der Waals surface area contributed by atoms with Crippen molar-refractivity contribution in [2.24, 2.45) is 5.41 Å². The molecular weight excluding hydrogens is 440 g/mol. The van der Waals surface area contributed by atoms with E-state index in [1.807, 2.05) is 48.5 Å². The van der Waals surface area contributed by atoms with Gasteiger partial charge in [0.15, 0.2) is 5.82 Å². The van der Waals surface area contributed by atoms with Crippen LogP contribution in [0.2, 0.25) is 0 Å². The van der Waals surface area contributed by atoms with Crippen molar-refractivity contribution >= 4 is 44.4 Å². The number of fused-ring (bicyclic) bond motifs is 4. The van der Waals surface area contributed by atoms with Crippen molar-refractivity contribution in [3.05, 3.63) is 82.6 Å². The van der Waals surface area contributed by atoms with Gasteiger partial charge in [-0.1, -0.05) is 56.3 Å². The molecule has 2 aromatic heterocycles. The highest BCUT2D eigenvalue weighted by Gasteiger charge is 2.20. The third kappa shape index (κ3) is 4.89. The monoisotopic (exact) mass is 468 g/mol. The third-order valence-electron chi connectivity index (χ3n) is 6.28. The molecule has 7 heteroatoms. The van der Waals surface area contributed by atoms with Gasteiger partial charge < -0.3 is 15.1 Å². The summed E-state index contributed by atoms with van der Waals surface area (Å²) >= 11 is 0. The molecule has 1 amide bonds. The van der Waals surface area contributed by atoms with Crippen LogP contribution >= 0.6 is 0 Å². The van der Waals surface area contributed by atoms with Crippen LogP contribution in [0, 0.1) is 5.41 Å². The summed E-state index contributed by atoms with van der Waals surface area (Å²) in [6.07, 6.45) is 1.07. The number of aryl methyl sites for hydroxylation is 1. The summed E-state index contributed by atoms with van der Waals surface area (Å²) in [6, 6.07) is 21.5. The molecule has 0 unspecified atom stereocenters. The number of benzene rings is 3. The van der Waals surface area contributed by atoms with Crippen molar-refractivity contribution in [2.45, 2.75) is 26.7 Å². The van der Waals surface area contributed by atoms with Crippen LogP contribution in [0.3, 0.4) is 0 Å².